The minimum Gasteiger partial charge on any atom is -0.294 e. The first-order valence-electron chi connectivity index (χ1n) is 3.29. The van der Waals surface area contributed by atoms with Crippen LogP contribution in [0.5, 0.6) is 0 Å². The number of hydrogen-bond acceptors (Lipinski definition) is 3. The second kappa shape index (κ2) is 1.90. The fraction of sp³-hybridized carbons (Fsp3) is 0.500. The van der Waals surface area contributed by atoms with Gasteiger partial charge in [0, 0.05) is 13.0 Å². The summed E-state index contributed by atoms with van der Waals surface area (Å²) in [7, 11) is 0. The predicted molar refractivity (Wildman–Crippen MR) is 33.7 cm³/mol. The molecule has 52 valence electrons. The molecule has 0 aromatic carbocycles. The first-order chi connectivity index (χ1) is 4.90. The molecule has 1 aliphatic rings. The zero-order valence-corrected chi connectivity index (χ0v) is 5.45. The molecule has 10 heavy (non-hydrogen) atoms. The van der Waals surface area contributed by atoms with Gasteiger partial charge in [0.2, 0.25) is 5.82 Å². The number of aldehydes is 1. The molecular weight excluding hydrogens is 130 g/mol. The number of fused-ring (bicyclic) bond motifs is 1. The summed E-state index contributed by atoms with van der Waals surface area (Å²) < 4.78 is 1.80. The lowest BCUT2D eigenvalue weighted by atomic mass is 10.4. The molecule has 0 amide bonds. The summed E-state index contributed by atoms with van der Waals surface area (Å²) in [4.78, 5) is 14.2. The highest BCUT2D eigenvalue weighted by Gasteiger charge is 2.13. The van der Waals surface area contributed by atoms with E-state index in [1.165, 1.54) is 0 Å². The zero-order chi connectivity index (χ0) is 6.97. The number of carbonyl (C=O) groups is 1. The Morgan fingerprint density at radius 3 is 3.20 bits per heavy atom. The molecule has 4 nitrogen and oxygen atoms in total. The maximum Gasteiger partial charge on any atom is 0.214 e. The molecule has 4 heteroatoms. The number of rotatable bonds is 1. The molecule has 1 aliphatic heterocycles. The van der Waals surface area contributed by atoms with E-state index in [9.17, 15) is 4.79 Å². The van der Waals surface area contributed by atoms with Crippen molar-refractivity contribution in [2.24, 2.45) is 0 Å². The summed E-state index contributed by atoms with van der Waals surface area (Å²) in [6.07, 6.45) is 2.75. The monoisotopic (exact) mass is 137 g/mol. The average molecular weight is 137 g/mol. The first kappa shape index (κ1) is 5.58. The van der Waals surface area contributed by atoms with Gasteiger partial charge in [0.1, 0.15) is 5.82 Å². The van der Waals surface area contributed by atoms with Crippen molar-refractivity contribution in [1.82, 2.24) is 14.8 Å². The molecule has 0 N–H and O–H groups in total. The number of carbonyl (C=O) groups excluding carboxylic acids is 1. The van der Waals surface area contributed by atoms with E-state index < -0.39 is 0 Å². The van der Waals surface area contributed by atoms with Gasteiger partial charge in [-0.15, -0.1) is 5.10 Å². The SMILES string of the molecule is O=Cc1nc2n(n1)CCC2. The van der Waals surface area contributed by atoms with Crippen LogP contribution in [0.1, 0.15) is 22.9 Å². The van der Waals surface area contributed by atoms with E-state index in [1.807, 2.05) is 0 Å². The molecule has 1 aromatic heterocycles. The summed E-state index contributed by atoms with van der Waals surface area (Å²) >= 11 is 0. The highest BCUT2D eigenvalue weighted by Crippen LogP contribution is 2.09. The largest absolute Gasteiger partial charge is 0.294 e. The quantitative estimate of drug-likeness (QED) is 0.513. The van der Waals surface area contributed by atoms with Gasteiger partial charge < -0.3 is 0 Å². The molecule has 0 atom stereocenters. The molecule has 0 radical (unpaired) electrons. The van der Waals surface area contributed by atoms with Crippen LogP contribution in [-0.4, -0.2) is 21.1 Å². The molecule has 0 unspecified atom stereocenters. The Balaban J connectivity index is 2.46. The van der Waals surface area contributed by atoms with Gasteiger partial charge in [-0.25, -0.2) is 9.67 Å². The standard InChI is InChI=1S/C6H7N3O/c10-4-5-7-6-2-1-3-9(6)8-5/h4H,1-3H2. The molecule has 0 aliphatic carbocycles. The van der Waals surface area contributed by atoms with Crippen LogP contribution in [0.3, 0.4) is 0 Å². The number of aromatic nitrogens is 3. The van der Waals surface area contributed by atoms with Crippen molar-refractivity contribution < 1.29 is 4.79 Å². The van der Waals surface area contributed by atoms with Crippen molar-refractivity contribution in [3.8, 4) is 0 Å². The Morgan fingerprint density at radius 2 is 2.50 bits per heavy atom. The maximum absolute atomic E-state index is 10.2. The van der Waals surface area contributed by atoms with E-state index in [2.05, 4.69) is 10.1 Å². The minimum atomic E-state index is 0.315. The Labute approximate surface area is 57.9 Å². The summed E-state index contributed by atoms with van der Waals surface area (Å²) in [5.41, 5.74) is 0. The smallest absolute Gasteiger partial charge is 0.214 e. The van der Waals surface area contributed by atoms with Gasteiger partial charge in [0.05, 0.1) is 0 Å². The normalized spacial score (nSPS) is 15.2. The Kier molecular flexibility index (Phi) is 1.06. The van der Waals surface area contributed by atoms with Gasteiger partial charge >= 0.3 is 0 Å². The van der Waals surface area contributed by atoms with E-state index in [0.29, 0.717) is 12.1 Å². The lowest BCUT2D eigenvalue weighted by Gasteiger charge is -1.86. The van der Waals surface area contributed by atoms with E-state index >= 15 is 0 Å². The van der Waals surface area contributed by atoms with Crippen LogP contribution in [0.25, 0.3) is 0 Å². The van der Waals surface area contributed by atoms with Crippen molar-refractivity contribution in [3.63, 3.8) is 0 Å². The third-order valence-electron chi connectivity index (χ3n) is 1.64. The molecular formula is C6H7N3O. The molecule has 0 bridgehead atoms. The zero-order valence-electron chi connectivity index (χ0n) is 5.45. The van der Waals surface area contributed by atoms with Crippen LogP contribution in [0, 0.1) is 0 Å². The summed E-state index contributed by atoms with van der Waals surface area (Å²) in [6.45, 7) is 0.913. The Bertz CT molecular complexity index is 244. The van der Waals surface area contributed by atoms with Crippen molar-refractivity contribution in [2.45, 2.75) is 19.4 Å². The maximum atomic E-state index is 10.2. The highest BCUT2D eigenvalue weighted by molar-refractivity contribution is 5.68. The minimum absolute atomic E-state index is 0.315. The lowest BCUT2D eigenvalue weighted by Crippen LogP contribution is -1.94. The van der Waals surface area contributed by atoms with Crippen molar-refractivity contribution in [1.29, 1.82) is 0 Å². The molecule has 1 aromatic rings. The van der Waals surface area contributed by atoms with Crippen LogP contribution in [-0.2, 0) is 13.0 Å². The van der Waals surface area contributed by atoms with Gasteiger partial charge in [-0.3, -0.25) is 4.79 Å². The molecule has 0 spiro atoms. The van der Waals surface area contributed by atoms with Crippen LogP contribution in [0.15, 0.2) is 0 Å². The van der Waals surface area contributed by atoms with Gasteiger partial charge in [-0.1, -0.05) is 0 Å². The van der Waals surface area contributed by atoms with E-state index in [0.717, 1.165) is 25.2 Å². The number of hydrogen-bond donors (Lipinski definition) is 0. The molecule has 0 saturated carbocycles. The summed E-state index contributed by atoms with van der Waals surface area (Å²) in [5.74, 6) is 1.26. The number of nitrogens with zero attached hydrogens (tertiary/aromatic N) is 3. The third-order valence-corrected chi connectivity index (χ3v) is 1.64. The summed E-state index contributed by atoms with van der Waals surface area (Å²) in [5, 5.41) is 3.95. The van der Waals surface area contributed by atoms with Gasteiger partial charge in [-0.2, -0.15) is 0 Å². The average Bonchev–Trinajstić information content (AvgIpc) is 2.42. The molecule has 2 rings (SSSR count). The van der Waals surface area contributed by atoms with E-state index in [1.54, 1.807) is 4.68 Å². The second-order valence-electron chi connectivity index (χ2n) is 2.33. The highest BCUT2D eigenvalue weighted by atomic mass is 16.1. The predicted octanol–water partition coefficient (Wildman–Crippen LogP) is 0.0368. The molecule has 2 heterocycles. The van der Waals surface area contributed by atoms with Crippen molar-refractivity contribution in [2.75, 3.05) is 0 Å². The summed E-state index contributed by atoms with van der Waals surface area (Å²) in [6, 6.07) is 0. The van der Waals surface area contributed by atoms with Crippen LogP contribution in [0.4, 0.5) is 0 Å². The second-order valence-corrected chi connectivity index (χ2v) is 2.33. The fourth-order valence-corrected chi connectivity index (χ4v) is 1.19. The fourth-order valence-electron chi connectivity index (χ4n) is 1.19. The Morgan fingerprint density at radius 1 is 1.60 bits per heavy atom. The van der Waals surface area contributed by atoms with Gasteiger partial charge in [0.25, 0.3) is 0 Å². The van der Waals surface area contributed by atoms with Crippen LogP contribution >= 0.6 is 0 Å². The van der Waals surface area contributed by atoms with Gasteiger partial charge in [0.15, 0.2) is 6.29 Å². The first-order valence-corrected chi connectivity index (χ1v) is 3.29. The molecule has 0 fully saturated rings. The number of aryl methyl sites for hydroxylation is 2. The molecule has 0 saturated heterocycles. The van der Waals surface area contributed by atoms with E-state index in [-0.39, 0.29) is 0 Å². The lowest BCUT2D eigenvalue weighted by molar-refractivity contribution is 0.111. The van der Waals surface area contributed by atoms with Gasteiger partial charge in [-0.05, 0) is 6.42 Å². The van der Waals surface area contributed by atoms with Crippen LogP contribution < -0.4 is 0 Å². The topological polar surface area (TPSA) is 47.8 Å². The third kappa shape index (κ3) is 0.650. The van der Waals surface area contributed by atoms with Crippen molar-refractivity contribution in [3.05, 3.63) is 11.6 Å². The van der Waals surface area contributed by atoms with Crippen molar-refractivity contribution >= 4 is 6.29 Å². The van der Waals surface area contributed by atoms with Crippen LogP contribution in [0.2, 0.25) is 0 Å². The Hall–Kier alpha value is -1.19. The van der Waals surface area contributed by atoms with E-state index in [4.69, 9.17) is 0 Å².